The fourth-order valence-electron chi connectivity index (χ4n) is 1.81. The van der Waals surface area contributed by atoms with Crippen LogP contribution in [0.3, 0.4) is 0 Å². The number of carbonyl (C=O) groups excluding carboxylic acids is 2. The van der Waals surface area contributed by atoms with Crippen LogP contribution in [0.25, 0.3) is 0 Å². The van der Waals surface area contributed by atoms with Crippen molar-refractivity contribution in [1.82, 2.24) is 5.43 Å². The van der Waals surface area contributed by atoms with Gasteiger partial charge >= 0.3 is 5.97 Å². The highest BCUT2D eigenvalue weighted by Crippen LogP contribution is 2.12. The molecule has 0 spiro atoms. The predicted octanol–water partition coefficient (Wildman–Crippen LogP) is 3.14. The number of carbonyl (C=O) groups is 2. The van der Waals surface area contributed by atoms with Crippen molar-refractivity contribution in [3.05, 3.63) is 34.3 Å². The average molecular weight is 355 g/mol. The molecule has 5 nitrogen and oxygen atoms in total. The van der Waals surface area contributed by atoms with Crippen LogP contribution >= 0.6 is 15.9 Å². The molecular formula is C15H19BrN2O3. The highest BCUT2D eigenvalue weighted by atomic mass is 79.9. The third-order valence-corrected chi connectivity index (χ3v) is 3.54. The average Bonchev–Trinajstić information content (AvgIpc) is 2.49. The highest BCUT2D eigenvalue weighted by molar-refractivity contribution is 9.10. The number of esters is 1. The number of rotatable bonds is 6. The topological polar surface area (TPSA) is 67.8 Å². The van der Waals surface area contributed by atoms with Crippen molar-refractivity contribution in [1.29, 1.82) is 0 Å². The maximum atomic E-state index is 11.9. The van der Waals surface area contributed by atoms with Crippen molar-refractivity contribution in [2.45, 2.75) is 26.7 Å². The van der Waals surface area contributed by atoms with Crippen molar-refractivity contribution < 1.29 is 14.3 Å². The Labute approximate surface area is 132 Å². The fraction of sp³-hybridized carbons (Fsp3) is 0.400. The van der Waals surface area contributed by atoms with E-state index in [1.165, 1.54) is 7.11 Å². The standard InChI is InChI=1S/C15H19BrN2O3/c1-4-5-13(15(20)21-3)10(2)17-18-14(19)11-6-8-12(16)9-7-11/h6-9,13H,4-5H2,1-3H3,(H,18,19)/b17-10-/t13-/m1/s1. The van der Waals surface area contributed by atoms with Gasteiger partial charge in [-0.05, 0) is 37.6 Å². The molecule has 1 aromatic rings. The molecular weight excluding hydrogens is 336 g/mol. The molecule has 0 fully saturated rings. The Hall–Kier alpha value is -1.69. The van der Waals surface area contributed by atoms with Gasteiger partial charge in [0.2, 0.25) is 0 Å². The lowest BCUT2D eigenvalue weighted by molar-refractivity contribution is -0.143. The summed E-state index contributed by atoms with van der Waals surface area (Å²) in [5.74, 6) is -1.08. The molecule has 0 aliphatic carbocycles. The van der Waals surface area contributed by atoms with E-state index in [1.807, 2.05) is 6.92 Å². The van der Waals surface area contributed by atoms with E-state index in [2.05, 4.69) is 26.5 Å². The Bertz CT molecular complexity index is 526. The number of nitrogens with one attached hydrogen (secondary N) is 1. The van der Waals surface area contributed by atoms with Crippen LogP contribution in [0.15, 0.2) is 33.8 Å². The first-order chi connectivity index (χ1) is 9.99. The van der Waals surface area contributed by atoms with Gasteiger partial charge in [-0.15, -0.1) is 0 Å². The molecule has 0 aliphatic heterocycles. The number of ether oxygens (including phenoxy) is 1. The number of benzene rings is 1. The molecule has 0 radical (unpaired) electrons. The number of hydrazone groups is 1. The van der Waals surface area contributed by atoms with Crippen LogP contribution in [0.5, 0.6) is 0 Å². The Kier molecular flexibility index (Phi) is 7.08. The van der Waals surface area contributed by atoms with Crippen molar-refractivity contribution in [3.63, 3.8) is 0 Å². The highest BCUT2D eigenvalue weighted by Gasteiger charge is 2.21. The second kappa shape index (κ2) is 8.56. The van der Waals surface area contributed by atoms with Crippen molar-refractivity contribution in [2.75, 3.05) is 7.11 Å². The Morgan fingerprint density at radius 1 is 1.33 bits per heavy atom. The van der Waals surface area contributed by atoms with Crippen LogP contribution in [-0.4, -0.2) is 24.7 Å². The molecule has 1 N–H and O–H groups in total. The molecule has 1 aromatic carbocycles. The SMILES string of the molecule is CCC[C@@H](C(=O)OC)/C(C)=N\NC(=O)c1ccc(Br)cc1. The molecule has 21 heavy (non-hydrogen) atoms. The lowest BCUT2D eigenvalue weighted by Crippen LogP contribution is -2.27. The molecule has 1 atom stereocenters. The largest absolute Gasteiger partial charge is 0.469 e. The van der Waals surface area contributed by atoms with Crippen LogP contribution in [0.1, 0.15) is 37.0 Å². The van der Waals surface area contributed by atoms with Gasteiger partial charge in [-0.3, -0.25) is 9.59 Å². The maximum Gasteiger partial charge on any atom is 0.314 e. The number of hydrogen-bond acceptors (Lipinski definition) is 4. The lowest BCUT2D eigenvalue weighted by atomic mass is 9.99. The van der Waals surface area contributed by atoms with E-state index in [0.717, 1.165) is 10.9 Å². The van der Waals surface area contributed by atoms with Crippen LogP contribution in [0, 0.1) is 5.92 Å². The van der Waals surface area contributed by atoms with Gasteiger partial charge in [0.05, 0.1) is 13.0 Å². The summed E-state index contributed by atoms with van der Waals surface area (Å²) in [7, 11) is 1.35. The Balaban J connectivity index is 2.74. The number of nitrogens with zero attached hydrogens (tertiary/aromatic N) is 1. The molecule has 114 valence electrons. The maximum absolute atomic E-state index is 11.9. The summed E-state index contributed by atoms with van der Waals surface area (Å²) in [6, 6.07) is 6.93. The van der Waals surface area contributed by atoms with Gasteiger partial charge in [0.15, 0.2) is 0 Å². The van der Waals surface area contributed by atoms with Gasteiger partial charge in [0.1, 0.15) is 0 Å². The minimum atomic E-state index is -0.426. The monoisotopic (exact) mass is 354 g/mol. The van der Waals surface area contributed by atoms with Crippen LogP contribution in [0.2, 0.25) is 0 Å². The second-order valence-electron chi connectivity index (χ2n) is 4.57. The fourth-order valence-corrected chi connectivity index (χ4v) is 2.08. The quantitative estimate of drug-likeness (QED) is 0.484. The predicted molar refractivity (Wildman–Crippen MR) is 85.1 cm³/mol. The van der Waals surface area contributed by atoms with Crippen molar-refractivity contribution in [3.8, 4) is 0 Å². The van der Waals surface area contributed by atoms with Crippen molar-refractivity contribution in [2.24, 2.45) is 11.0 Å². The van der Waals surface area contributed by atoms with E-state index < -0.39 is 5.92 Å². The van der Waals surface area contributed by atoms with E-state index in [0.29, 0.717) is 17.7 Å². The molecule has 1 amide bonds. The van der Waals surface area contributed by atoms with Gasteiger partial charge < -0.3 is 4.74 Å². The minimum Gasteiger partial charge on any atom is -0.469 e. The zero-order chi connectivity index (χ0) is 15.8. The zero-order valence-electron chi connectivity index (χ0n) is 12.4. The zero-order valence-corrected chi connectivity index (χ0v) is 13.9. The summed E-state index contributed by atoms with van der Waals surface area (Å²) in [6.45, 7) is 3.68. The second-order valence-corrected chi connectivity index (χ2v) is 5.48. The first kappa shape index (κ1) is 17.4. The molecule has 0 aromatic heterocycles. The van der Waals surface area contributed by atoms with E-state index >= 15 is 0 Å². The summed E-state index contributed by atoms with van der Waals surface area (Å²) in [5, 5.41) is 4.02. The Morgan fingerprint density at radius 3 is 2.48 bits per heavy atom. The number of halogens is 1. The van der Waals surface area contributed by atoms with E-state index in [9.17, 15) is 9.59 Å². The molecule has 6 heteroatoms. The first-order valence-electron chi connectivity index (χ1n) is 6.67. The summed E-state index contributed by atoms with van der Waals surface area (Å²) in [4.78, 5) is 23.6. The first-order valence-corrected chi connectivity index (χ1v) is 7.46. The summed E-state index contributed by atoms with van der Waals surface area (Å²) >= 11 is 3.31. The van der Waals surface area contributed by atoms with Crippen LogP contribution < -0.4 is 5.43 Å². The lowest BCUT2D eigenvalue weighted by Gasteiger charge is -2.13. The molecule has 1 rings (SSSR count). The third-order valence-electron chi connectivity index (χ3n) is 3.01. The van der Waals surface area contributed by atoms with E-state index in [-0.39, 0.29) is 11.9 Å². The van der Waals surface area contributed by atoms with Gasteiger partial charge in [0.25, 0.3) is 5.91 Å². The molecule has 0 heterocycles. The molecule has 0 saturated heterocycles. The van der Waals surface area contributed by atoms with Crippen molar-refractivity contribution >= 4 is 33.5 Å². The molecule has 0 bridgehead atoms. The third kappa shape index (κ3) is 5.30. The van der Waals surface area contributed by atoms with Gasteiger partial charge in [0, 0.05) is 15.7 Å². The molecule has 0 unspecified atom stereocenters. The molecule has 0 saturated carbocycles. The number of methoxy groups -OCH3 is 1. The number of hydrogen-bond donors (Lipinski definition) is 1. The summed E-state index contributed by atoms with van der Waals surface area (Å²) in [5.41, 5.74) is 3.50. The summed E-state index contributed by atoms with van der Waals surface area (Å²) < 4.78 is 5.65. The molecule has 0 aliphatic rings. The van der Waals surface area contributed by atoms with Gasteiger partial charge in [-0.1, -0.05) is 29.3 Å². The van der Waals surface area contributed by atoms with Gasteiger partial charge in [-0.2, -0.15) is 5.10 Å². The normalized spacial score (nSPS) is 12.7. The van der Waals surface area contributed by atoms with E-state index in [1.54, 1.807) is 31.2 Å². The summed E-state index contributed by atoms with van der Waals surface area (Å²) in [6.07, 6.45) is 1.46. The van der Waals surface area contributed by atoms with E-state index in [4.69, 9.17) is 4.74 Å². The minimum absolute atomic E-state index is 0.318. The van der Waals surface area contributed by atoms with Gasteiger partial charge in [-0.25, -0.2) is 5.43 Å². The van der Waals surface area contributed by atoms with Crippen LogP contribution in [0.4, 0.5) is 0 Å². The number of amides is 1. The smallest absolute Gasteiger partial charge is 0.314 e. The Morgan fingerprint density at radius 2 is 1.95 bits per heavy atom. The van der Waals surface area contributed by atoms with Crippen LogP contribution in [-0.2, 0) is 9.53 Å².